The van der Waals surface area contributed by atoms with E-state index in [9.17, 15) is 20.0 Å². The summed E-state index contributed by atoms with van der Waals surface area (Å²) < 4.78 is 0. The highest BCUT2D eigenvalue weighted by Crippen LogP contribution is 2.52. The van der Waals surface area contributed by atoms with Crippen molar-refractivity contribution in [3.63, 3.8) is 0 Å². The first-order valence-electron chi connectivity index (χ1n) is 8.62. The molecule has 0 radical (unpaired) electrons. The number of hydrogen-bond donors (Lipinski definition) is 2. The fraction of sp³-hybridized carbons (Fsp3) is 0.250. The molecular formula is C20H17ClN2O4. The Hall–Kier alpha value is -2.86. The number of nitro groups is 1. The molecule has 0 saturated carbocycles. The first-order chi connectivity index (χ1) is 12.9. The molecule has 0 unspecified atom stereocenters. The zero-order valence-corrected chi connectivity index (χ0v) is 15.2. The van der Waals surface area contributed by atoms with Gasteiger partial charge in [0.1, 0.15) is 0 Å². The highest BCUT2D eigenvalue weighted by atomic mass is 35.5. The van der Waals surface area contributed by atoms with Gasteiger partial charge in [0, 0.05) is 34.3 Å². The number of nitro benzene ring substituents is 1. The van der Waals surface area contributed by atoms with Gasteiger partial charge >= 0.3 is 5.97 Å². The maximum atomic E-state index is 11.8. The van der Waals surface area contributed by atoms with Crippen LogP contribution >= 0.6 is 11.6 Å². The van der Waals surface area contributed by atoms with Crippen LogP contribution in [0.4, 0.5) is 11.4 Å². The summed E-state index contributed by atoms with van der Waals surface area (Å²) in [5, 5.41) is 24.7. The monoisotopic (exact) mass is 384 g/mol. The Bertz CT molecular complexity index is 1000. The van der Waals surface area contributed by atoms with Gasteiger partial charge in [0.2, 0.25) is 0 Å². The number of nitrogens with one attached hydrogen (secondary N) is 1. The van der Waals surface area contributed by atoms with Crippen LogP contribution in [0, 0.1) is 23.0 Å². The summed E-state index contributed by atoms with van der Waals surface area (Å²) in [6.45, 7) is 1.92. The number of benzene rings is 2. The molecule has 27 heavy (non-hydrogen) atoms. The summed E-state index contributed by atoms with van der Waals surface area (Å²) in [6.07, 6.45) is 4.82. The van der Waals surface area contributed by atoms with E-state index in [-0.39, 0.29) is 29.1 Å². The van der Waals surface area contributed by atoms with Gasteiger partial charge in [-0.15, -0.1) is 0 Å². The van der Waals surface area contributed by atoms with Gasteiger partial charge in [-0.25, -0.2) is 4.79 Å². The van der Waals surface area contributed by atoms with Crippen molar-refractivity contribution in [3.8, 4) is 0 Å². The van der Waals surface area contributed by atoms with E-state index in [0.717, 1.165) is 23.2 Å². The minimum Gasteiger partial charge on any atom is -0.478 e. The average molecular weight is 385 g/mol. The number of aromatic carboxylic acids is 1. The van der Waals surface area contributed by atoms with Crippen molar-refractivity contribution >= 4 is 28.9 Å². The quantitative estimate of drug-likeness (QED) is 0.437. The molecule has 0 amide bonds. The molecule has 0 fully saturated rings. The second kappa shape index (κ2) is 6.39. The number of carboxylic acid groups (broad SMARTS) is 1. The molecule has 1 heterocycles. The van der Waals surface area contributed by atoms with Crippen molar-refractivity contribution in [3.05, 3.63) is 79.9 Å². The van der Waals surface area contributed by atoms with Gasteiger partial charge in [-0.3, -0.25) is 10.1 Å². The molecule has 0 aromatic heterocycles. The number of nitrogens with zero attached hydrogens (tertiary/aromatic N) is 1. The van der Waals surface area contributed by atoms with E-state index >= 15 is 0 Å². The second-order valence-electron chi connectivity index (χ2n) is 6.96. The standard InChI is InChI=1S/C20H17ClN2O4/c1-10-5-7-14(20(24)25)17-12-3-2-4-13(12)19(22-18(10)17)15-9-11(23(26)27)6-8-16(15)21/h2-3,5-9,12-13,19,22H,4H2,1H3,(H,24,25)/t12-,13-,19+/m1/s1. The summed E-state index contributed by atoms with van der Waals surface area (Å²) in [4.78, 5) is 22.5. The zero-order chi connectivity index (χ0) is 19.3. The van der Waals surface area contributed by atoms with Crippen LogP contribution < -0.4 is 5.32 Å². The van der Waals surface area contributed by atoms with E-state index in [2.05, 4.69) is 5.32 Å². The third-order valence-corrected chi connectivity index (χ3v) is 5.83. The molecule has 6 nitrogen and oxygen atoms in total. The molecule has 7 heteroatoms. The van der Waals surface area contributed by atoms with Crippen molar-refractivity contribution in [2.24, 2.45) is 5.92 Å². The minimum atomic E-state index is -0.959. The van der Waals surface area contributed by atoms with Gasteiger partial charge in [0.15, 0.2) is 0 Å². The molecule has 138 valence electrons. The van der Waals surface area contributed by atoms with E-state index in [0.29, 0.717) is 10.6 Å². The number of rotatable bonds is 3. The minimum absolute atomic E-state index is 0.0134. The van der Waals surface area contributed by atoms with Gasteiger partial charge in [-0.05, 0) is 42.5 Å². The van der Waals surface area contributed by atoms with Crippen LogP contribution in [0.5, 0.6) is 0 Å². The Morgan fingerprint density at radius 2 is 2.11 bits per heavy atom. The van der Waals surface area contributed by atoms with Crippen LogP contribution in [-0.4, -0.2) is 16.0 Å². The molecule has 1 aliphatic carbocycles. The smallest absolute Gasteiger partial charge is 0.336 e. The van der Waals surface area contributed by atoms with Crippen LogP contribution in [0.2, 0.25) is 5.02 Å². The van der Waals surface area contributed by atoms with Crippen molar-refractivity contribution in [2.45, 2.75) is 25.3 Å². The maximum absolute atomic E-state index is 11.8. The Kier molecular flexibility index (Phi) is 4.15. The van der Waals surface area contributed by atoms with E-state index in [4.69, 9.17) is 11.6 Å². The second-order valence-corrected chi connectivity index (χ2v) is 7.37. The number of halogens is 1. The molecule has 0 saturated heterocycles. The molecule has 1 aliphatic heterocycles. The first-order valence-corrected chi connectivity index (χ1v) is 9.00. The van der Waals surface area contributed by atoms with E-state index in [1.807, 2.05) is 19.1 Å². The number of non-ortho nitro benzene ring substituents is 1. The lowest BCUT2D eigenvalue weighted by atomic mass is 9.74. The van der Waals surface area contributed by atoms with Crippen molar-refractivity contribution in [1.29, 1.82) is 0 Å². The predicted molar refractivity (Wildman–Crippen MR) is 103 cm³/mol. The fourth-order valence-corrected chi connectivity index (χ4v) is 4.47. The first kappa shape index (κ1) is 17.5. The summed E-state index contributed by atoms with van der Waals surface area (Å²) in [5.41, 5.74) is 3.42. The lowest BCUT2D eigenvalue weighted by Crippen LogP contribution is -2.31. The van der Waals surface area contributed by atoms with Crippen LogP contribution in [0.15, 0.2) is 42.5 Å². The van der Waals surface area contributed by atoms with Crippen LogP contribution in [0.25, 0.3) is 0 Å². The number of anilines is 1. The number of carbonyl (C=O) groups is 1. The van der Waals surface area contributed by atoms with Gasteiger partial charge in [-0.2, -0.15) is 0 Å². The Morgan fingerprint density at radius 3 is 2.81 bits per heavy atom. The Balaban J connectivity index is 1.89. The van der Waals surface area contributed by atoms with Crippen LogP contribution in [0.3, 0.4) is 0 Å². The molecule has 0 bridgehead atoms. The normalized spacial score (nSPS) is 22.7. The zero-order valence-electron chi connectivity index (χ0n) is 14.5. The van der Waals surface area contributed by atoms with E-state index in [1.54, 1.807) is 18.2 Å². The predicted octanol–water partition coefficient (Wildman–Crippen LogP) is 5.08. The summed E-state index contributed by atoms with van der Waals surface area (Å²) in [7, 11) is 0. The number of allylic oxidation sites excluding steroid dienone is 2. The average Bonchev–Trinajstić information content (AvgIpc) is 3.11. The Labute approximate surface area is 160 Å². The van der Waals surface area contributed by atoms with E-state index in [1.165, 1.54) is 12.1 Å². The number of carboxylic acids is 1. The van der Waals surface area contributed by atoms with Gasteiger partial charge in [0.05, 0.1) is 16.5 Å². The van der Waals surface area contributed by atoms with Gasteiger partial charge in [-0.1, -0.05) is 29.8 Å². The highest BCUT2D eigenvalue weighted by molar-refractivity contribution is 6.31. The molecule has 2 N–H and O–H groups in total. The SMILES string of the molecule is Cc1ccc(C(=O)O)c2c1N[C@H](c1cc([N+](=O)[O-])ccc1Cl)[C@@H]1CC=C[C@@H]21. The lowest BCUT2D eigenvalue weighted by Gasteiger charge is -2.39. The molecule has 4 rings (SSSR count). The van der Waals surface area contributed by atoms with Gasteiger partial charge in [0.25, 0.3) is 5.69 Å². The molecule has 2 aromatic carbocycles. The Morgan fingerprint density at radius 1 is 1.33 bits per heavy atom. The molecule has 3 atom stereocenters. The molecular weight excluding hydrogens is 368 g/mol. The molecule has 0 spiro atoms. The largest absolute Gasteiger partial charge is 0.478 e. The van der Waals surface area contributed by atoms with Crippen molar-refractivity contribution in [1.82, 2.24) is 0 Å². The van der Waals surface area contributed by atoms with Crippen molar-refractivity contribution in [2.75, 3.05) is 5.32 Å². The summed E-state index contributed by atoms with van der Waals surface area (Å²) in [5.74, 6) is -0.997. The van der Waals surface area contributed by atoms with Crippen LogP contribution in [0.1, 0.15) is 45.4 Å². The molecule has 2 aliphatic rings. The topological polar surface area (TPSA) is 92.5 Å². The van der Waals surface area contributed by atoms with Gasteiger partial charge < -0.3 is 10.4 Å². The third kappa shape index (κ3) is 2.77. The number of hydrogen-bond acceptors (Lipinski definition) is 4. The summed E-state index contributed by atoms with van der Waals surface area (Å²) >= 11 is 6.40. The summed E-state index contributed by atoms with van der Waals surface area (Å²) in [6, 6.07) is 7.62. The lowest BCUT2D eigenvalue weighted by molar-refractivity contribution is -0.384. The number of fused-ring (bicyclic) bond motifs is 3. The molecule has 2 aromatic rings. The number of aryl methyl sites for hydroxylation is 1. The third-order valence-electron chi connectivity index (χ3n) is 5.48. The van der Waals surface area contributed by atoms with Crippen LogP contribution in [-0.2, 0) is 0 Å². The van der Waals surface area contributed by atoms with E-state index < -0.39 is 10.9 Å². The fourth-order valence-electron chi connectivity index (χ4n) is 4.23. The van der Waals surface area contributed by atoms with Crippen molar-refractivity contribution < 1.29 is 14.8 Å². The highest BCUT2D eigenvalue weighted by Gasteiger charge is 2.41. The maximum Gasteiger partial charge on any atom is 0.336 e.